The Morgan fingerprint density at radius 3 is 3.23 bits per heavy atom. The van der Waals surface area contributed by atoms with E-state index in [1.54, 1.807) is 0 Å². The Kier molecular flexibility index (Phi) is 2.56. The summed E-state index contributed by atoms with van der Waals surface area (Å²) < 4.78 is 6.73. The number of nitrogens with one attached hydrogen (secondary N) is 1. The zero-order valence-corrected chi connectivity index (χ0v) is 9.10. The number of ether oxygens (including phenoxy) is 1. The van der Waals surface area contributed by atoms with Crippen LogP contribution >= 0.6 is 15.9 Å². The van der Waals surface area contributed by atoms with Crippen molar-refractivity contribution in [2.45, 2.75) is 5.92 Å². The van der Waals surface area contributed by atoms with E-state index < -0.39 is 0 Å². The molecular weight excluding hydrogens is 230 g/mol. The molecule has 0 bridgehead atoms. The normalized spacial score (nSPS) is 19.7. The van der Waals surface area contributed by atoms with E-state index in [1.165, 1.54) is 5.56 Å². The first-order chi connectivity index (χ1) is 6.33. The molecule has 13 heavy (non-hydrogen) atoms. The number of halogens is 1. The molecule has 0 fully saturated rings. The molecule has 1 aromatic carbocycles. The van der Waals surface area contributed by atoms with Crippen LogP contribution in [0.1, 0.15) is 11.5 Å². The molecular formula is C10H12BrNO. The van der Waals surface area contributed by atoms with Crippen molar-refractivity contribution in [1.82, 2.24) is 5.32 Å². The minimum absolute atomic E-state index is 0.482. The van der Waals surface area contributed by atoms with Gasteiger partial charge >= 0.3 is 0 Å². The first-order valence-corrected chi connectivity index (χ1v) is 5.18. The Balaban J connectivity index is 2.34. The van der Waals surface area contributed by atoms with Gasteiger partial charge in [0.15, 0.2) is 0 Å². The van der Waals surface area contributed by atoms with Crippen molar-refractivity contribution in [2.75, 3.05) is 20.2 Å². The van der Waals surface area contributed by atoms with E-state index in [0.29, 0.717) is 5.92 Å². The quantitative estimate of drug-likeness (QED) is 0.857. The van der Waals surface area contributed by atoms with Crippen LogP contribution in [-0.2, 0) is 0 Å². The lowest BCUT2D eigenvalue weighted by atomic mass is 10.0. The van der Waals surface area contributed by atoms with Gasteiger partial charge in [0, 0.05) is 22.5 Å². The zero-order valence-electron chi connectivity index (χ0n) is 7.51. The maximum Gasteiger partial charge on any atom is 0.124 e. The van der Waals surface area contributed by atoms with E-state index in [4.69, 9.17) is 4.74 Å². The van der Waals surface area contributed by atoms with Gasteiger partial charge in [-0.2, -0.15) is 0 Å². The second kappa shape index (κ2) is 3.68. The molecule has 1 aliphatic rings. The van der Waals surface area contributed by atoms with Crippen LogP contribution in [0.4, 0.5) is 0 Å². The van der Waals surface area contributed by atoms with Crippen molar-refractivity contribution in [3.63, 3.8) is 0 Å². The lowest BCUT2D eigenvalue weighted by molar-refractivity contribution is 0.328. The second-order valence-corrected chi connectivity index (χ2v) is 4.07. The highest BCUT2D eigenvalue weighted by Gasteiger charge is 2.25. The van der Waals surface area contributed by atoms with Crippen molar-refractivity contribution in [3.05, 3.63) is 28.2 Å². The van der Waals surface area contributed by atoms with E-state index in [9.17, 15) is 0 Å². The Bertz CT molecular complexity index is 312. The van der Waals surface area contributed by atoms with E-state index in [0.717, 1.165) is 23.4 Å². The Morgan fingerprint density at radius 1 is 1.62 bits per heavy atom. The highest BCUT2D eigenvalue weighted by atomic mass is 79.9. The predicted molar refractivity (Wildman–Crippen MR) is 56.3 cm³/mol. The Hall–Kier alpha value is -0.540. The summed E-state index contributed by atoms with van der Waals surface area (Å²) in [6, 6.07) is 6.09. The molecule has 0 spiro atoms. The fourth-order valence-corrected chi connectivity index (χ4v) is 2.39. The molecule has 0 radical (unpaired) electrons. The molecule has 0 aliphatic carbocycles. The third-order valence-electron chi connectivity index (χ3n) is 2.31. The van der Waals surface area contributed by atoms with Crippen LogP contribution in [0.25, 0.3) is 0 Å². The summed E-state index contributed by atoms with van der Waals surface area (Å²) in [7, 11) is 1.97. The second-order valence-electron chi connectivity index (χ2n) is 3.22. The molecule has 70 valence electrons. The third-order valence-corrected chi connectivity index (χ3v) is 3.00. The van der Waals surface area contributed by atoms with Crippen molar-refractivity contribution in [2.24, 2.45) is 0 Å². The van der Waals surface area contributed by atoms with E-state index in [-0.39, 0.29) is 0 Å². The maximum absolute atomic E-state index is 5.57. The van der Waals surface area contributed by atoms with Gasteiger partial charge in [0.1, 0.15) is 5.75 Å². The van der Waals surface area contributed by atoms with Gasteiger partial charge in [0.2, 0.25) is 0 Å². The number of likely N-dealkylation sites (N-methyl/N-ethyl adjacent to an activating group) is 1. The average Bonchev–Trinajstić information content (AvgIpc) is 2.51. The molecule has 0 saturated carbocycles. The molecule has 1 heterocycles. The molecule has 1 unspecified atom stereocenters. The molecule has 1 aliphatic heterocycles. The summed E-state index contributed by atoms with van der Waals surface area (Å²) in [4.78, 5) is 0. The predicted octanol–water partition coefficient (Wildman–Crippen LogP) is 2.14. The molecule has 0 aromatic heterocycles. The minimum Gasteiger partial charge on any atom is -0.493 e. The van der Waals surface area contributed by atoms with Gasteiger partial charge in [-0.05, 0) is 19.2 Å². The number of hydrogen-bond acceptors (Lipinski definition) is 2. The van der Waals surface area contributed by atoms with Crippen LogP contribution in [0.15, 0.2) is 22.7 Å². The van der Waals surface area contributed by atoms with Crippen LogP contribution in [0.3, 0.4) is 0 Å². The first kappa shape index (κ1) is 9.03. The summed E-state index contributed by atoms with van der Waals surface area (Å²) in [5.74, 6) is 1.50. The number of hydrogen-bond donors (Lipinski definition) is 1. The number of fused-ring (bicyclic) bond motifs is 1. The minimum atomic E-state index is 0.482. The van der Waals surface area contributed by atoms with Crippen molar-refractivity contribution >= 4 is 15.9 Å². The SMILES string of the molecule is CNCC1COc2cccc(Br)c21. The van der Waals surface area contributed by atoms with Gasteiger partial charge < -0.3 is 10.1 Å². The number of rotatable bonds is 2. The van der Waals surface area contributed by atoms with Crippen molar-refractivity contribution in [3.8, 4) is 5.75 Å². The lowest BCUT2D eigenvalue weighted by Crippen LogP contribution is -2.18. The van der Waals surface area contributed by atoms with Gasteiger partial charge in [-0.3, -0.25) is 0 Å². The molecule has 2 rings (SSSR count). The smallest absolute Gasteiger partial charge is 0.124 e. The third kappa shape index (κ3) is 1.58. The number of benzene rings is 1. The van der Waals surface area contributed by atoms with Gasteiger partial charge in [-0.15, -0.1) is 0 Å². The van der Waals surface area contributed by atoms with Crippen LogP contribution in [0.2, 0.25) is 0 Å². The summed E-state index contributed by atoms with van der Waals surface area (Å²) in [5.41, 5.74) is 1.30. The fraction of sp³-hybridized carbons (Fsp3) is 0.400. The summed E-state index contributed by atoms with van der Waals surface area (Å²) in [6.45, 7) is 1.76. The Labute approximate surface area is 86.4 Å². The highest BCUT2D eigenvalue weighted by Crippen LogP contribution is 2.38. The summed E-state index contributed by atoms with van der Waals surface area (Å²) in [5, 5.41) is 3.18. The van der Waals surface area contributed by atoms with E-state index in [1.807, 2.05) is 19.2 Å². The summed E-state index contributed by atoms with van der Waals surface area (Å²) in [6.07, 6.45) is 0. The average molecular weight is 242 g/mol. The van der Waals surface area contributed by atoms with Crippen LogP contribution in [0, 0.1) is 0 Å². The molecule has 0 amide bonds. The lowest BCUT2D eigenvalue weighted by Gasteiger charge is -2.08. The fourth-order valence-electron chi connectivity index (χ4n) is 1.72. The molecule has 1 atom stereocenters. The van der Waals surface area contributed by atoms with Crippen molar-refractivity contribution < 1.29 is 4.74 Å². The Morgan fingerprint density at radius 2 is 2.46 bits per heavy atom. The molecule has 3 heteroatoms. The monoisotopic (exact) mass is 241 g/mol. The van der Waals surface area contributed by atoms with Crippen LogP contribution in [0.5, 0.6) is 5.75 Å². The largest absolute Gasteiger partial charge is 0.493 e. The topological polar surface area (TPSA) is 21.3 Å². The van der Waals surface area contributed by atoms with Crippen molar-refractivity contribution in [1.29, 1.82) is 0 Å². The van der Waals surface area contributed by atoms with E-state index in [2.05, 4.69) is 27.3 Å². The van der Waals surface area contributed by atoms with E-state index >= 15 is 0 Å². The highest BCUT2D eigenvalue weighted by molar-refractivity contribution is 9.10. The van der Waals surface area contributed by atoms with Crippen LogP contribution < -0.4 is 10.1 Å². The zero-order chi connectivity index (χ0) is 9.26. The molecule has 1 N–H and O–H groups in total. The van der Waals surface area contributed by atoms with Gasteiger partial charge in [0.05, 0.1) is 6.61 Å². The van der Waals surface area contributed by atoms with Gasteiger partial charge in [-0.25, -0.2) is 0 Å². The molecule has 2 nitrogen and oxygen atoms in total. The maximum atomic E-state index is 5.57. The first-order valence-electron chi connectivity index (χ1n) is 4.38. The van der Waals surface area contributed by atoms with Gasteiger partial charge in [-0.1, -0.05) is 22.0 Å². The standard InChI is InChI=1S/C10H12BrNO/c1-12-5-7-6-13-9-4-2-3-8(11)10(7)9/h2-4,7,12H,5-6H2,1H3. The van der Waals surface area contributed by atoms with Crippen LogP contribution in [-0.4, -0.2) is 20.2 Å². The molecule has 1 aromatic rings. The molecule has 0 saturated heterocycles. The van der Waals surface area contributed by atoms with Gasteiger partial charge in [0.25, 0.3) is 0 Å². The summed E-state index contributed by atoms with van der Waals surface area (Å²) >= 11 is 3.55.